The number of aromatic nitrogens is 5. The van der Waals surface area contributed by atoms with Gasteiger partial charge in [-0.15, -0.1) is 0 Å². The first-order chi connectivity index (χ1) is 20.9. The van der Waals surface area contributed by atoms with Gasteiger partial charge in [-0.05, 0) is 64.1 Å². The Morgan fingerprint density at radius 1 is 1.12 bits per heavy atom. The Hall–Kier alpha value is -4.28. The van der Waals surface area contributed by atoms with Gasteiger partial charge in [-0.3, -0.25) is 23.8 Å². The summed E-state index contributed by atoms with van der Waals surface area (Å²) >= 11 is 0. The minimum atomic E-state index is -0.233. The van der Waals surface area contributed by atoms with Crippen molar-refractivity contribution in [1.29, 1.82) is 0 Å². The Bertz CT molecular complexity index is 1790. The van der Waals surface area contributed by atoms with Gasteiger partial charge in [0.1, 0.15) is 23.7 Å². The van der Waals surface area contributed by atoms with Crippen molar-refractivity contribution in [2.24, 2.45) is 0 Å². The molecule has 10 nitrogen and oxygen atoms in total. The lowest BCUT2D eigenvalue weighted by molar-refractivity contribution is 0.0928. The second-order valence-electron chi connectivity index (χ2n) is 11.9. The Morgan fingerprint density at radius 2 is 1.98 bits per heavy atom. The zero-order chi connectivity index (χ0) is 29.5. The van der Waals surface area contributed by atoms with Crippen molar-refractivity contribution in [2.75, 3.05) is 45.2 Å². The standard InChI is InChI=1S/C33H38N8O2/c1-22-20-39(15-14-38(22)3)16-17-43-26-12-13-40-30(19-34-31(40)18-26)33(42)36-28-8-5-9-29-32(28)23(2)37-41(29)21-25-6-4-7-27(35-25)24-10-11-24/h4-9,12-13,18-19,22,24H,10-11,14-17,20-21H2,1-3H3,(H,36,42). The summed E-state index contributed by atoms with van der Waals surface area (Å²) in [5.74, 6) is 1.12. The van der Waals surface area contributed by atoms with Crippen LogP contribution in [0.25, 0.3) is 16.6 Å². The fourth-order valence-corrected chi connectivity index (χ4v) is 6.02. The van der Waals surface area contributed by atoms with Crippen LogP contribution < -0.4 is 10.1 Å². The first kappa shape index (κ1) is 27.5. The molecule has 1 atom stereocenters. The van der Waals surface area contributed by atoms with Gasteiger partial charge in [0.15, 0.2) is 0 Å². The minimum Gasteiger partial charge on any atom is -0.492 e. The highest BCUT2D eigenvalue weighted by Gasteiger charge is 2.25. The number of benzene rings is 1. The summed E-state index contributed by atoms with van der Waals surface area (Å²) in [7, 11) is 2.18. The average molecular weight is 579 g/mol. The van der Waals surface area contributed by atoms with E-state index in [1.807, 2.05) is 48.1 Å². The fourth-order valence-electron chi connectivity index (χ4n) is 6.02. The van der Waals surface area contributed by atoms with Gasteiger partial charge in [0.05, 0.1) is 35.3 Å². The molecule has 1 aromatic carbocycles. The monoisotopic (exact) mass is 578 g/mol. The molecule has 0 radical (unpaired) electrons. The van der Waals surface area contributed by atoms with Crippen molar-refractivity contribution in [1.82, 2.24) is 33.9 Å². The summed E-state index contributed by atoms with van der Waals surface area (Å²) < 4.78 is 9.81. The number of pyridine rings is 2. The van der Waals surface area contributed by atoms with Crippen LogP contribution >= 0.6 is 0 Å². The van der Waals surface area contributed by atoms with Gasteiger partial charge in [-0.25, -0.2) is 4.98 Å². The van der Waals surface area contributed by atoms with Gasteiger partial charge in [0, 0.05) is 61.5 Å². The molecule has 222 valence electrons. The molecule has 1 aliphatic heterocycles. The highest BCUT2D eigenvalue weighted by Crippen LogP contribution is 2.39. The molecule has 1 saturated carbocycles. The highest BCUT2D eigenvalue weighted by molar-refractivity contribution is 6.08. The molecule has 2 aliphatic rings. The lowest BCUT2D eigenvalue weighted by Gasteiger charge is -2.37. The van der Waals surface area contributed by atoms with Crippen molar-refractivity contribution in [3.8, 4) is 5.75 Å². The molecular formula is C33H38N8O2. The molecule has 1 unspecified atom stereocenters. The van der Waals surface area contributed by atoms with E-state index >= 15 is 0 Å². The molecule has 1 aliphatic carbocycles. The summed E-state index contributed by atoms with van der Waals surface area (Å²) in [6, 6.07) is 16.5. The second-order valence-corrected chi connectivity index (χ2v) is 11.9. The Morgan fingerprint density at radius 3 is 2.81 bits per heavy atom. The van der Waals surface area contributed by atoms with Gasteiger partial charge in [-0.2, -0.15) is 5.10 Å². The first-order valence-electron chi connectivity index (χ1n) is 15.2. The van der Waals surface area contributed by atoms with Crippen LogP contribution in [0.3, 0.4) is 0 Å². The van der Waals surface area contributed by atoms with Crippen molar-refractivity contribution in [3.05, 3.63) is 83.7 Å². The fraction of sp³-hybridized carbons (Fsp3) is 0.394. The molecule has 0 bridgehead atoms. The molecule has 7 rings (SSSR count). The molecule has 5 aromatic rings. The summed E-state index contributed by atoms with van der Waals surface area (Å²) in [6.45, 7) is 9.50. The van der Waals surface area contributed by atoms with Crippen molar-refractivity contribution in [3.63, 3.8) is 0 Å². The van der Waals surface area contributed by atoms with Crippen LogP contribution in [0.2, 0.25) is 0 Å². The number of imidazole rings is 1. The molecule has 1 N–H and O–H groups in total. The quantitative estimate of drug-likeness (QED) is 0.274. The second kappa shape index (κ2) is 11.4. The van der Waals surface area contributed by atoms with Crippen molar-refractivity contribution in [2.45, 2.75) is 45.2 Å². The topological polar surface area (TPSA) is 92.8 Å². The third-order valence-electron chi connectivity index (χ3n) is 8.77. The van der Waals surface area contributed by atoms with Crippen molar-refractivity contribution < 1.29 is 9.53 Å². The van der Waals surface area contributed by atoms with Gasteiger partial charge < -0.3 is 15.0 Å². The minimum absolute atomic E-state index is 0.233. The number of piperazine rings is 1. The number of likely N-dealkylation sites (N-methyl/N-ethyl adjacent to an activating group) is 1. The number of fused-ring (bicyclic) bond motifs is 2. The van der Waals surface area contributed by atoms with Crippen LogP contribution in [-0.2, 0) is 6.54 Å². The number of nitrogens with one attached hydrogen (secondary N) is 1. The van der Waals surface area contributed by atoms with Gasteiger partial charge in [0.2, 0.25) is 0 Å². The Balaban J connectivity index is 1.04. The molecule has 1 amide bonds. The van der Waals surface area contributed by atoms with Crippen LogP contribution in [0.15, 0.2) is 60.9 Å². The maximum absolute atomic E-state index is 13.5. The molecule has 4 aromatic heterocycles. The molecule has 0 spiro atoms. The summed E-state index contributed by atoms with van der Waals surface area (Å²) in [6.07, 6.45) is 5.90. The number of hydrogen-bond acceptors (Lipinski definition) is 7. The maximum atomic E-state index is 13.5. The van der Waals surface area contributed by atoms with Crippen LogP contribution in [0.5, 0.6) is 5.75 Å². The molecule has 10 heteroatoms. The lowest BCUT2D eigenvalue weighted by Crippen LogP contribution is -2.50. The zero-order valence-electron chi connectivity index (χ0n) is 25.0. The Labute approximate surface area is 251 Å². The summed E-state index contributed by atoms with van der Waals surface area (Å²) in [5.41, 5.74) is 5.82. The normalized spacial score (nSPS) is 18.0. The number of carbonyl (C=O) groups excluding carboxylic acids is 1. The van der Waals surface area contributed by atoms with Gasteiger partial charge in [0.25, 0.3) is 5.91 Å². The molecule has 43 heavy (non-hydrogen) atoms. The predicted molar refractivity (Wildman–Crippen MR) is 167 cm³/mol. The van der Waals surface area contributed by atoms with E-state index in [4.69, 9.17) is 14.8 Å². The Kier molecular flexibility index (Phi) is 7.32. The largest absolute Gasteiger partial charge is 0.492 e. The maximum Gasteiger partial charge on any atom is 0.274 e. The van der Waals surface area contributed by atoms with E-state index in [9.17, 15) is 4.79 Å². The number of ether oxygens (including phenoxy) is 1. The summed E-state index contributed by atoms with van der Waals surface area (Å²) in [4.78, 5) is 27.7. The SMILES string of the molecule is Cc1nn(Cc2cccc(C3CC3)n2)c2cccc(NC(=O)c3cnc4cc(OCCN5CCN(C)C(C)C5)ccn34)c12. The lowest BCUT2D eigenvalue weighted by atomic mass is 10.1. The number of amides is 1. The number of aryl methyl sites for hydroxylation is 1. The molecular weight excluding hydrogens is 540 g/mol. The van der Waals surface area contributed by atoms with E-state index < -0.39 is 0 Å². The van der Waals surface area contributed by atoms with Crippen LogP contribution in [0, 0.1) is 6.92 Å². The number of hydrogen-bond donors (Lipinski definition) is 1. The van der Waals surface area contributed by atoms with Crippen LogP contribution in [-0.4, -0.2) is 85.7 Å². The summed E-state index contributed by atoms with van der Waals surface area (Å²) in [5, 5.41) is 8.85. The van der Waals surface area contributed by atoms with Crippen LogP contribution in [0.4, 0.5) is 5.69 Å². The van der Waals surface area contributed by atoms with Gasteiger partial charge >= 0.3 is 0 Å². The average Bonchev–Trinajstić information content (AvgIpc) is 3.70. The van der Waals surface area contributed by atoms with E-state index in [0.29, 0.717) is 36.5 Å². The smallest absolute Gasteiger partial charge is 0.274 e. The van der Waals surface area contributed by atoms with E-state index in [1.165, 1.54) is 18.5 Å². The van der Waals surface area contributed by atoms with Crippen molar-refractivity contribution >= 4 is 28.1 Å². The van der Waals surface area contributed by atoms with E-state index in [0.717, 1.165) is 59.9 Å². The highest BCUT2D eigenvalue weighted by atomic mass is 16.5. The predicted octanol–water partition coefficient (Wildman–Crippen LogP) is 4.58. The van der Waals surface area contributed by atoms with Crippen LogP contribution in [0.1, 0.15) is 53.3 Å². The third-order valence-corrected chi connectivity index (χ3v) is 8.77. The van der Waals surface area contributed by atoms with E-state index in [1.54, 1.807) is 10.6 Å². The third kappa shape index (κ3) is 5.72. The van der Waals surface area contributed by atoms with E-state index in [-0.39, 0.29) is 5.91 Å². The molecule has 1 saturated heterocycles. The number of anilines is 1. The number of nitrogens with zero attached hydrogens (tertiary/aromatic N) is 7. The number of rotatable bonds is 9. The zero-order valence-corrected chi connectivity index (χ0v) is 25.0. The number of carbonyl (C=O) groups is 1. The van der Waals surface area contributed by atoms with Gasteiger partial charge in [-0.1, -0.05) is 12.1 Å². The molecule has 2 fully saturated rings. The van der Waals surface area contributed by atoms with E-state index in [2.05, 4.69) is 52.3 Å². The first-order valence-corrected chi connectivity index (χ1v) is 15.2. The molecule has 5 heterocycles.